The lowest BCUT2D eigenvalue weighted by Gasteiger charge is -2.36. The van der Waals surface area contributed by atoms with Crippen LogP contribution in [0.1, 0.15) is 0 Å². The molecule has 2 aliphatic rings. The Morgan fingerprint density at radius 3 is 1.17 bits per heavy atom. The molecule has 246 valence electrons. The Morgan fingerprint density at radius 1 is 0.327 bits per heavy atom. The molecule has 8 aromatic rings. The topological polar surface area (TPSA) is 45.2 Å². The van der Waals surface area contributed by atoms with Crippen molar-refractivity contribution in [3.8, 4) is 34.2 Å². The molecular formula is C45H29N5S2. The number of aromatic nitrogens is 3. The van der Waals surface area contributed by atoms with Gasteiger partial charge in [0.2, 0.25) is 0 Å². The number of hydrogen-bond donors (Lipinski definition) is 0. The van der Waals surface area contributed by atoms with Crippen LogP contribution in [0.2, 0.25) is 0 Å². The lowest BCUT2D eigenvalue weighted by molar-refractivity contribution is 1.07. The molecule has 3 heterocycles. The van der Waals surface area contributed by atoms with Crippen LogP contribution in [-0.4, -0.2) is 15.0 Å². The molecule has 0 bridgehead atoms. The number of benzene rings is 7. The SMILES string of the molecule is c1ccc(-c2nc(-c3ccccc3)nc(-c3cc(N4c5ccccc5Sc5ccccc54)ccc3N3c4ccccc4Sc4ccccc43)n2)cc1. The molecular weight excluding hydrogens is 675 g/mol. The van der Waals surface area contributed by atoms with E-state index in [1.807, 2.05) is 36.4 Å². The van der Waals surface area contributed by atoms with Crippen molar-refractivity contribution in [1.29, 1.82) is 0 Å². The Labute approximate surface area is 310 Å². The first-order valence-electron chi connectivity index (χ1n) is 17.1. The summed E-state index contributed by atoms with van der Waals surface area (Å²) in [6.07, 6.45) is 0. The van der Waals surface area contributed by atoms with Crippen LogP contribution in [-0.2, 0) is 0 Å². The van der Waals surface area contributed by atoms with E-state index >= 15 is 0 Å². The van der Waals surface area contributed by atoms with Crippen LogP contribution < -0.4 is 9.80 Å². The molecule has 7 aromatic carbocycles. The van der Waals surface area contributed by atoms with Crippen molar-refractivity contribution in [2.75, 3.05) is 9.80 Å². The van der Waals surface area contributed by atoms with Gasteiger partial charge in [0.25, 0.3) is 0 Å². The average molecular weight is 704 g/mol. The fourth-order valence-corrected chi connectivity index (χ4v) is 9.03. The molecule has 10 rings (SSSR count). The summed E-state index contributed by atoms with van der Waals surface area (Å²) in [5.41, 5.74) is 9.29. The van der Waals surface area contributed by atoms with Crippen molar-refractivity contribution in [1.82, 2.24) is 15.0 Å². The maximum absolute atomic E-state index is 5.26. The van der Waals surface area contributed by atoms with Crippen LogP contribution in [0.4, 0.5) is 34.1 Å². The van der Waals surface area contributed by atoms with Crippen molar-refractivity contribution in [3.63, 3.8) is 0 Å². The predicted octanol–water partition coefficient (Wildman–Crippen LogP) is 12.7. The molecule has 5 nitrogen and oxygen atoms in total. The van der Waals surface area contributed by atoms with E-state index in [9.17, 15) is 0 Å². The van der Waals surface area contributed by atoms with E-state index in [-0.39, 0.29) is 0 Å². The van der Waals surface area contributed by atoms with Crippen LogP contribution >= 0.6 is 23.5 Å². The van der Waals surface area contributed by atoms with Gasteiger partial charge in [-0.15, -0.1) is 0 Å². The average Bonchev–Trinajstić information content (AvgIpc) is 3.22. The zero-order valence-electron chi connectivity index (χ0n) is 27.8. The molecule has 0 amide bonds. The van der Waals surface area contributed by atoms with Crippen molar-refractivity contribution >= 4 is 57.6 Å². The van der Waals surface area contributed by atoms with Gasteiger partial charge in [0, 0.05) is 42.0 Å². The summed E-state index contributed by atoms with van der Waals surface area (Å²) in [6, 6.07) is 61.5. The Balaban J connectivity index is 1.26. The summed E-state index contributed by atoms with van der Waals surface area (Å²) in [6.45, 7) is 0. The van der Waals surface area contributed by atoms with E-state index < -0.39 is 0 Å². The predicted molar refractivity (Wildman–Crippen MR) is 214 cm³/mol. The van der Waals surface area contributed by atoms with E-state index in [1.165, 1.54) is 19.6 Å². The molecule has 0 saturated carbocycles. The van der Waals surface area contributed by atoms with E-state index in [1.54, 1.807) is 23.5 Å². The van der Waals surface area contributed by atoms with Crippen LogP contribution in [0.5, 0.6) is 0 Å². The Kier molecular flexibility index (Phi) is 7.59. The van der Waals surface area contributed by atoms with Crippen LogP contribution in [0.3, 0.4) is 0 Å². The summed E-state index contributed by atoms with van der Waals surface area (Å²) in [4.78, 5) is 25.1. The molecule has 0 radical (unpaired) electrons. The lowest BCUT2D eigenvalue weighted by atomic mass is 10.0. The van der Waals surface area contributed by atoms with Gasteiger partial charge >= 0.3 is 0 Å². The highest BCUT2D eigenvalue weighted by Crippen LogP contribution is 2.55. The van der Waals surface area contributed by atoms with Crippen LogP contribution in [0.15, 0.2) is 196 Å². The number of para-hydroxylation sites is 4. The minimum Gasteiger partial charge on any atom is -0.308 e. The van der Waals surface area contributed by atoms with E-state index in [0.29, 0.717) is 17.5 Å². The van der Waals surface area contributed by atoms with E-state index in [2.05, 4.69) is 149 Å². The number of nitrogens with zero attached hydrogens (tertiary/aromatic N) is 5. The standard InChI is InChI=1S/C45H29N5S2/c1-3-15-30(16-4-1)43-46-44(31-17-5-2-6-18-31)48-45(47-43)33-29-32(49-35-19-7-11-23-39(35)51-40-24-12-8-20-36(40)49)27-28-34(33)50-37-21-9-13-25-41(37)52-42-26-14-10-22-38(42)50/h1-29H. The van der Waals surface area contributed by atoms with Gasteiger partial charge in [-0.3, -0.25) is 0 Å². The third-order valence-corrected chi connectivity index (χ3v) is 11.5. The Hall–Kier alpha value is -6.15. The highest BCUT2D eigenvalue weighted by Gasteiger charge is 2.30. The second-order valence-corrected chi connectivity index (χ2v) is 14.7. The molecule has 0 atom stereocenters. The van der Waals surface area contributed by atoms with Gasteiger partial charge in [0.15, 0.2) is 17.5 Å². The highest BCUT2D eigenvalue weighted by molar-refractivity contribution is 8.00. The maximum Gasteiger partial charge on any atom is 0.166 e. The molecule has 1 aromatic heterocycles. The van der Waals surface area contributed by atoms with Crippen molar-refractivity contribution in [2.45, 2.75) is 19.6 Å². The van der Waals surface area contributed by atoms with Crippen molar-refractivity contribution in [2.24, 2.45) is 0 Å². The maximum atomic E-state index is 5.26. The van der Waals surface area contributed by atoms with Crippen LogP contribution in [0, 0.1) is 0 Å². The zero-order valence-corrected chi connectivity index (χ0v) is 29.4. The molecule has 0 spiro atoms. The van der Waals surface area contributed by atoms with Gasteiger partial charge in [-0.1, -0.05) is 133 Å². The molecule has 0 aliphatic carbocycles. The molecule has 0 saturated heterocycles. The number of hydrogen-bond acceptors (Lipinski definition) is 7. The number of rotatable bonds is 5. The first-order chi connectivity index (χ1) is 25.8. The fraction of sp³-hybridized carbons (Fsp3) is 0. The molecule has 52 heavy (non-hydrogen) atoms. The summed E-state index contributed by atoms with van der Waals surface area (Å²) >= 11 is 3.60. The second kappa shape index (κ2) is 12.9. The quantitative estimate of drug-likeness (QED) is 0.177. The Bertz CT molecular complexity index is 2460. The third kappa shape index (κ3) is 5.33. The summed E-state index contributed by atoms with van der Waals surface area (Å²) in [5.74, 6) is 1.85. The third-order valence-electron chi connectivity index (χ3n) is 9.28. The number of anilines is 6. The van der Waals surface area contributed by atoms with Crippen molar-refractivity contribution in [3.05, 3.63) is 176 Å². The van der Waals surface area contributed by atoms with Gasteiger partial charge in [0.05, 0.1) is 28.4 Å². The fourth-order valence-electron chi connectivity index (χ4n) is 6.91. The Morgan fingerprint density at radius 2 is 0.712 bits per heavy atom. The smallest absolute Gasteiger partial charge is 0.166 e. The molecule has 2 aliphatic heterocycles. The molecule has 0 N–H and O–H groups in total. The van der Waals surface area contributed by atoms with Crippen molar-refractivity contribution < 1.29 is 0 Å². The second-order valence-electron chi connectivity index (χ2n) is 12.5. The van der Waals surface area contributed by atoms with Gasteiger partial charge in [-0.05, 0) is 66.7 Å². The molecule has 0 unspecified atom stereocenters. The minimum atomic E-state index is 0.602. The highest BCUT2D eigenvalue weighted by atomic mass is 32.2. The summed E-state index contributed by atoms with van der Waals surface area (Å²) in [5, 5.41) is 0. The minimum absolute atomic E-state index is 0.602. The first kappa shape index (κ1) is 30.7. The number of fused-ring (bicyclic) bond motifs is 4. The van der Waals surface area contributed by atoms with Gasteiger partial charge in [-0.2, -0.15) is 0 Å². The molecule has 7 heteroatoms. The molecule has 0 fully saturated rings. The summed E-state index contributed by atoms with van der Waals surface area (Å²) in [7, 11) is 0. The zero-order chi connectivity index (χ0) is 34.4. The monoisotopic (exact) mass is 703 g/mol. The largest absolute Gasteiger partial charge is 0.308 e. The summed E-state index contributed by atoms with van der Waals surface area (Å²) < 4.78 is 0. The lowest BCUT2D eigenvalue weighted by Crippen LogP contribution is -2.18. The van der Waals surface area contributed by atoms with E-state index in [0.717, 1.165) is 50.8 Å². The van der Waals surface area contributed by atoms with E-state index in [4.69, 9.17) is 15.0 Å². The normalized spacial score (nSPS) is 12.8. The van der Waals surface area contributed by atoms with Crippen LogP contribution in [0.25, 0.3) is 34.2 Å². The first-order valence-corrected chi connectivity index (χ1v) is 18.8. The van der Waals surface area contributed by atoms with Gasteiger partial charge in [0.1, 0.15) is 0 Å². The van der Waals surface area contributed by atoms with Gasteiger partial charge < -0.3 is 9.80 Å². The van der Waals surface area contributed by atoms with Gasteiger partial charge in [-0.25, -0.2) is 15.0 Å².